The molecule has 7 heteroatoms. The fourth-order valence-corrected chi connectivity index (χ4v) is 2.82. The number of nitro groups is 1. The lowest BCUT2D eigenvalue weighted by Crippen LogP contribution is -2.23. The van der Waals surface area contributed by atoms with Crippen molar-refractivity contribution in [2.75, 3.05) is 16.8 Å². The molecule has 2 aromatic carbocycles. The van der Waals surface area contributed by atoms with Crippen molar-refractivity contribution in [3.8, 4) is 6.07 Å². The Balaban J connectivity index is 1.72. The summed E-state index contributed by atoms with van der Waals surface area (Å²) >= 11 is 0. The molecule has 1 heterocycles. The molecule has 3 rings (SSSR count). The van der Waals surface area contributed by atoms with Crippen LogP contribution in [-0.2, 0) is 11.3 Å². The predicted octanol–water partition coefficient (Wildman–Crippen LogP) is 3.21. The van der Waals surface area contributed by atoms with Crippen LogP contribution in [0.4, 0.5) is 17.1 Å². The summed E-state index contributed by atoms with van der Waals surface area (Å²) in [5.74, 6) is 0.134. The van der Waals surface area contributed by atoms with Gasteiger partial charge in [-0.15, -0.1) is 0 Å². The zero-order chi connectivity index (χ0) is 17.8. The Kier molecular flexibility index (Phi) is 4.61. The number of nitriles is 1. The highest BCUT2D eigenvalue weighted by atomic mass is 16.6. The summed E-state index contributed by atoms with van der Waals surface area (Å²) in [6.45, 7) is 1.12. The van der Waals surface area contributed by atoms with E-state index in [9.17, 15) is 14.9 Å². The Hall–Kier alpha value is -3.40. The monoisotopic (exact) mass is 336 g/mol. The molecule has 1 saturated heterocycles. The van der Waals surface area contributed by atoms with Gasteiger partial charge in [-0.05, 0) is 36.2 Å². The maximum absolute atomic E-state index is 11.8. The lowest BCUT2D eigenvalue weighted by molar-refractivity contribution is -0.384. The van der Waals surface area contributed by atoms with Gasteiger partial charge in [0.2, 0.25) is 5.91 Å². The van der Waals surface area contributed by atoms with E-state index >= 15 is 0 Å². The van der Waals surface area contributed by atoms with Crippen LogP contribution in [0.5, 0.6) is 0 Å². The smallest absolute Gasteiger partial charge is 0.292 e. The molecule has 1 aliphatic rings. The van der Waals surface area contributed by atoms with Gasteiger partial charge < -0.3 is 10.2 Å². The van der Waals surface area contributed by atoms with E-state index in [0.29, 0.717) is 24.2 Å². The topological polar surface area (TPSA) is 99.3 Å². The van der Waals surface area contributed by atoms with E-state index in [1.165, 1.54) is 18.2 Å². The second-order valence-electron chi connectivity index (χ2n) is 5.77. The number of nitrogens with one attached hydrogen (secondary N) is 1. The van der Waals surface area contributed by atoms with Crippen LogP contribution in [0.1, 0.15) is 24.0 Å². The van der Waals surface area contributed by atoms with E-state index in [-0.39, 0.29) is 11.6 Å². The number of nitro benzene ring substituents is 1. The SMILES string of the molecule is N#Cc1ccc([N+](=O)[O-])c(NCc2ccc(N3CCCC3=O)cc2)c1. The number of hydrogen-bond donors (Lipinski definition) is 1. The zero-order valence-corrected chi connectivity index (χ0v) is 13.4. The molecule has 25 heavy (non-hydrogen) atoms. The largest absolute Gasteiger partial charge is 0.375 e. The lowest BCUT2D eigenvalue weighted by atomic mass is 10.1. The summed E-state index contributed by atoms with van der Waals surface area (Å²) in [6, 6.07) is 13.7. The number of anilines is 2. The van der Waals surface area contributed by atoms with Crippen molar-refractivity contribution in [2.24, 2.45) is 0 Å². The van der Waals surface area contributed by atoms with Crippen LogP contribution in [0.25, 0.3) is 0 Å². The van der Waals surface area contributed by atoms with Crippen LogP contribution in [0.15, 0.2) is 42.5 Å². The normalized spacial score (nSPS) is 13.6. The number of benzene rings is 2. The van der Waals surface area contributed by atoms with Crippen molar-refractivity contribution in [1.29, 1.82) is 5.26 Å². The molecule has 0 spiro atoms. The Bertz CT molecular complexity index is 856. The fraction of sp³-hybridized carbons (Fsp3) is 0.222. The molecule has 0 aromatic heterocycles. The van der Waals surface area contributed by atoms with Crippen molar-refractivity contribution in [3.05, 3.63) is 63.7 Å². The number of amides is 1. The number of carbonyl (C=O) groups excluding carboxylic acids is 1. The number of rotatable bonds is 5. The van der Waals surface area contributed by atoms with Crippen molar-refractivity contribution >= 4 is 23.0 Å². The summed E-state index contributed by atoms with van der Waals surface area (Å²) in [4.78, 5) is 24.1. The molecule has 0 bridgehead atoms. The van der Waals surface area contributed by atoms with Crippen molar-refractivity contribution in [2.45, 2.75) is 19.4 Å². The highest BCUT2D eigenvalue weighted by Gasteiger charge is 2.21. The molecule has 1 amide bonds. The first-order valence-electron chi connectivity index (χ1n) is 7.90. The zero-order valence-electron chi connectivity index (χ0n) is 13.4. The predicted molar refractivity (Wildman–Crippen MR) is 93.2 cm³/mol. The van der Waals surface area contributed by atoms with Gasteiger partial charge >= 0.3 is 0 Å². The second-order valence-corrected chi connectivity index (χ2v) is 5.77. The van der Waals surface area contributed by atoms with Gasteiger partial charge in [-0.25, -0.2) is 0 Å². The molecule has 0 saturated carbocycles. The first-order chi connectivity index (χ1) is 12.1. The minimum Gasteiger partial charge on any atom is -0.375 e. The van der Waals surface area contributed by atoms with E-state index in [2.05, 4.69) is 5.32 Å². The third-order valence-electron chi connectivity index (χ3n) is 4.13. The van der Waals surface area contributed by atoms with Crippen LogP contribution in [0.3, 0.4) is 0 Å². The summed E-state index contributed by atoms with van der Waals surface area (Å²) < 4.78 is 0. The Labute approximate surface area is 144 Å². The van der Waals surface area contributed by atoms with Gasteiger partial charge in [0.15, 0.2) is 0 Å². The minimum absolute atomic E-state index is 0.0710. The van der Waals surface area contributed by atoms with Crippen LogP contribution in [0, 0.1) is 21.4 Å². The molecule has 1 N–H and O–H groups in total. The highest BCUT2D eigenvalue weighted by Crippen LogP contribution is 2.26. The average Bonchev–Trinajstić information content (AvgIpc) is 3.06. The standard InChI is InChI=1S/C18H16N4O3/c19-11-14-5-8-17(22(24)25)16(10-14)20-12-13-3-6-15(7-4-13)21-9-1-2-18(21)23/h3-8,10,20H,1-2,9,12H2. The third-order valence-corrected chi connectivity index (χ3v) is 4.13. The number of nitrogens with zero attached hydrogens (tertiary/aromatic N) is 3. The molecule has 1 fully saturated rings. The van der Waals surface area contributed by atoms with Crippen molar-refractivity contribution < 1.29 is 9.72 Å². The fourth-order valence-electron chi connectivity index (χ4n) is 2.82. The minimum atomic E-state index is -0.481. The molecule has 0 unspecified atom stereocenters. The summed E-state index contributed by atoms with van der Waals surface area (Å²) in [5.41, 5.74) is 2.38. The van der Waals surface area contributed by atoms with E-state index in [1.54, 1.807) is 4.90 Å². The van der Waals surface area contributed by atoms with Crippen LogP contribution in [-0.4, -0.2) is 17.4 Å². The van der Waals surface area contributed by atoms with Crippen molar-refractivity contribution in [1.82, 2.24) is 0 Å². The van der Waals surface area contributed by atoms with E-state index in [4.69, 9.17) is 5.26 Å². The Morgan fingerprint density at radius 1 is 1.24 bits per heavy atom. The first-order valence-corrected chi connectivity index (χ1v) is 7.90. The molecule has 0 aliphatic carbocycles. The quantitative estimate of drug-likeness (QED) is 0.667. The molecule has 126 valence electrons. The molecule has 1 aliphatic heterocycles. The van der Waals surface area contributed by atoms with Gasteiger partial charge in [-0.2, -0.15) is 5.26 Å². The van der Waals surface area contributed by atoms with Crippen LogP contribution >= 0.6 is 0 Å². The molecule has 7 nitrogen and oxygen atoms in total. The maximum Gasteiger partial charge on any atom is 0.292 e. The Morgan fingerprint density at radius 2 is 2.00 bits per heavy atom. The summed E-state index contributed by atoms with van der Waals surface area (Å²) in [6.07, 6.45) is 1.46. The molecule has 2 aromatic rings. The third kappa shape index (κ3) is 3.58. The lowest BCUT2D eigenvalue weighted by Gasteiger charge is -2.16. The van der Waals surface area contributed by atoms with Crippen LogP contribution in [0.2, 0.25) is 0 Å². The van der Waals surface area contributed by atoms with Gasteiger partial charge in [0, 0.05) is 31.3 Å². The van der Waals surface area contributed by atoms with E-state index in [0.717, 1.165) is 24.2 Å². The van der Waals surface area contributed by atoms with Gasteiger partial charge in [-0.1, -0.05) is 12.1 Å². The molecule has 0 atom stereocenters. The first kappa shape index (κ1) is 16.5. The second kappa shape index (κ2) is 7.01. The summed E-state index contributed by atoms with van der Waals surface area (Å²) in [7, 11) is 0. The van der Waals surface area contributed by atoms with Crippen molar-refractivity contribution in [3.63, 3.8) is 0 Å². The van der Waals surface area contributed by atoms with Crippen LogP contribution < -0.4 is 10.2 Å². The van der Waals surface area contributed by atoms with Gasteiger partial charge in [0.1, 0.15) is 5.69 Å². The maximum atomic E-state index is 11.8. The molecule has 0 radical (unpaired) electrons. The van der Waals surface area contributed by atoms with Gasteiger partial charge in [-0.3, -0.25) is 14.9 Å². The number of hydrogen-bond acceptors (Lipinski definition) is 5. The number of carbonyl (C=O) groups is 1. The van der Waals surface area contributed by atoms with Gasteiger partial charge in [0.05, 0.1) is 16.6 Å². The van der Waals surface area contributed by atoms with E-state index in [1.807, 2.05) is 30.3 Å². The van der Waals surface area contributed by atoms with E-state index < -0.39 is 4.92 Å². The Morgan fingerprint density at radius 3 is 2.60 bits per heavy atom. The molecular formula is C18H16N4O3. The molecular weight excluding hydrogens is 320 g/mol. The average molecular weight is 336 g/mol. The van der Waals surface area contributed by atoms with Gasteiger partial charge in [0.25, 0.3) is 5.69 Å². The summed E-state index contributed by atoms with van der Waals surface area (Å²) in [5, 5.41) is 23.1. The highest BCUT2D eigenvalue weighted by molar-refractivity contribution is 5.95.